The monoisotopic (exact) mass is 544 g/mol. The number of hydrogen-bond acceptors (Lipinski definition) is 2. The van der Waals surface area contributed by atoms with E-state index in [9.17, 15) is 0 Å². The second-order valence-corrected chi connectivity index (χ2v) is 10.5. The van der Waals surface area contributed by atoms with E-state index in [1.54, 1.807) is 0 Å². The summed E-state index contributed by atoms with van der Waals surface area (Å²) in [7, 11) is 0. The van der Waals surface area contributed by atoms with Crippen molar-refractivity contribution in [3.05, 3.63) is 101 Å². The molecule has 0 aliphatic heterocycles. The highest BCUT2D eigenvalue weighted by atomic mass is 35.5. The van der Waals surface area contributed by atoms with Crippen LogP contribution in [-0.4, -0.2) is 22.3 Å². The van der Waals surface area contributed by atoms with E-state index in [2.05, 4.69) is 110 Å². The number of rotatable bonds is 14. The molecule has 39 heavy (non-hydrogen) atoms. The second kappa shape index (κ2) is 16.9. The quantitative estimate of drug-likeness (QED) is 0.175. The van der Waals surface area contributed by atoms with Crippen LogP contribution in [0.3, 0.4) is 0 Å². The largest absolute Gasteiger partial charge is 0.374 e. The molecule has 1 aromatic heterocycles. The molecule has 4 heteroatoms. The van der Waals surface area contributed by atoms with Gasteiger partial charge in [0.2, 0.25) is 0 Å². The van der Waals surface area contributed by atoms with Crippen molar-refractivity contribution in [2.75, 3.05) is 6.61 Å². The van der Waals surface area contributed by atoms with E-state index in [0.717, 1.165) is 79.4 Å². The molecule has 0 saturated heterocycles. The maximum absolute atomic E-state index is 6.27. The van der Waals surface area contributed by atoms with Gasteiger partial charge in [-0.25, -0.2) is 4.98 Å². The minimum Gasteiger partial charge on any atom is -0.374 e. The Labute approximate surface area is 241 Å². The van der Waals surface area contributed by atoms with Crippen molar-refractivity contribution in [1.29, 1.82) is 0 Å². The van der Waals surface area contributed by atoms with Crippen LogP contribution in [0.15, 0.2) is 78.0 Å². The zero-order valence-electron chi connectivity index (χ0n) is 24.2. The van der Waals surface area contributed by atoms with E-state index in [4.69, 9.17) is 21.3 Å². The lowest BCUT2D eigenvalue weighted by atomic mass is 10.0. The molecule has 1 aromatic carbocycles. The summed E-state index contributed by atoms with van der Waals surface area (Å²) in [5.74, 6) is 0.947. The molecular formula is C35H45ClN2O. The topological polar surface area (TPSA) is 27.1 Å². The van der Waals surface area contributed by atoms with Crippen molar-refractivity contribution in [2.24, 2.45) is 0 Å². The first kappa shape index (κ1) is 30.7. The molecule has 0 radical (unpaired) electrons. The first-order valence-electron chi connectivity index (χ1n) is 14.5. The molecule has 208 valence electrons. The van der Waals surface area contributed by atoms with Gasteiger partial charge in [0.25, 0.3) is 0 Å². The third-order valence-electron chi connectivity index (χ3n) is 6.81. The predicted molar refractivity (Wildman–Crippen MR) is 171 cm³/mol. The molecule has 1 heterocycles. The van der Waals surface area contributed by atoms with Gasteiger partial charge >= 0.3 is 0 Å². The van der Waals surface area contributed by atoms with Crippen LogP contribution in [0.4, 0.5) is 0 Å². The summed E-state index contributed by atoms with van der Waals surface area (Å²) >= 11 is 6.27. The fraction of sp³-hybridized carbons (Fsp3) is 0.400. The van der Waals surface area contributed by atoms with E-state index >= 15 is 0 Å². The Kier molecular flexibility index (Phi) is 13.3. The van der Waals surface area contributed by atoms with Crippen LogP contribution in [-0.2, 0) is 11.3 Å². The summed E-state index contributed by atoms with van der Waals surface area (Å²) in [5, 5.41) is 0.932. The minimum absolute atomic E-state index is 0.220. The Morgan fingerprint density at radius 2 is 1.95 bits per heavy atom. The van der Waals surface area contributed by atoms with Crippen molar-refractivity contribution in [3.8, 4) is 0 Å². The number of imidazole rings is 1. The fourth-order valence-electron chi connectivity index (χ4n) is 4.40. The number of nitrogens with zero attached hydrogens (tertiary/aromatic N) is 2. The normalized spacial score (nSPS) is 16.8. The average Bonchev–Trinajstić information content (AvgIpc) is 3.20. The first-order chi connectivity index (χ1) is 19.0. The Balaban J connectivity index is 1.70. The highest BCUT2D eigenvalue weighted by Gasteiger charge is 2.10. The van der Waals surface area contributed by atoms with Crippen molar-refractivity contribution in [1.82, 2.24) is 9.55 Å². The van der Waals surface area contributed by atoms with Crippen LogP contribution in [0.5, 0.6) is 0 Å². The van der Waals surface area contributed by atoms with Gasteiger partial charge in [0.15, 0.2) is 0 Å². The fourth-order valence-corrected chi connectivity index (χ4v) is 4.67. The number of halogens is 1. The molecule has 1 unspecified atom stereocenters. The Bertz CT molecular complexity index is 1210. The summed E-state index contributed by atoms with van der Waals surface area (Å²) in [6, 6.07) is 8.77. The summed E-state index contributed by atoms with van der Waals surface area (Å²) in [4.78, 5) is 4.94. The van der Waals surface area contributed by atoms with Gasteiger partial charge in [-0.2, -0.15) is 0 Å². The molecule has 0 N–H and O–H groups in total. The average molecular weight is 545 g/mol. The molecule has 2 aromatic rings. The lowest BCUT2D eigenvalue weighted by Crippen LogP contribution is -2.09. The zero-order valence-corrected chi connectivity index (χ0v) is 25.0. The smallest absolute Gasteiger partial charge is 0.133 e. The number of hydrogen-bond donors (Lipinski definition) is 0. The molecule has 3 nitrogen and oxygen atoms in total. The van der Waals surface area contributed by atoms with E-state index < -0.39 is 0 Å². The number of allylic oxidation sites excluding steroid dienone is 9. The van der Waals surface area contributed by atoms with Crippen molar-refractivity contribution < 1.29 is 4.74 Å². The zero-order chi connectivity index (χ0) is 27.9. The van der Waals surface area contributed by atoms with Crippen LogP contribution >= 0.6 is 11.6 Å². The van der Waals surface area contributed by atoms with Crippen molar-refractivity contribution in [3.63, 3.8) is 0 Å². The number of ether oxygens (including phenoxy) is 1. The molecule has 1 atom stereocenters. The summed E-state index contributed by atoms with van der Waals surface area (Å²) in [5.41, 5.74) is 5.82. The number of aromatic nitrogens is 2. The second-order valence-electron chi connectivity index (χ2n) is 10.0. The predicted octanol–water partition coefficient (Wildman–Crippen LogP) is 10.3. The molecule has 0 spiro atoms. The van der Waals surface area contributed by atoms with Crippen LogP contribution in [0, 0.1) is 0 Å². The Morgan fingerprint density at radius 1 is 1.13 bits per heavy atom. The van der Waals surface area contributed by atoms with Crippen molar-refractivity contribution in [2.45, 2.75) is 85.3 Å². The highest BCUT2D eigenvalue weighted by molar-refractivity contribution is 6.29. The summed E-state index contributed by atoms with van der Waals surface area (Å²) in [6.45, 7) is 10.1. The lowest BCUT2D eigenvalue weighted by Gasteiger charge is -2.11. The molecular weight excluding hydrogens is 500 g/mol. The first-order valence-corrected chi connectivity index (χ1v) is 14.9. The third-order valence-corrected chi connectivity index (χ3v) is 7.15. The van der Waals surface area contributed by atoms with E-state index in [1.807, 2.05) is 6.92 Å². The van der Waals surface area contributed by atoms with Crippen LogP contribution in [0.2, 0.25) is 0 Å². The Morgan fingerprint density at radius 3 is 2.69 bits per heavy atom. The van der Waals surface area contributed by atoms with Gasteiger partial charge in [0.1, 0.15) is 5.82 Å². The molecule has 0 amide bonds. The maximum atomic E-state index is 6.27. The SMILES string of the molecule is C/C=C/Cn1cc(/C(C)=C/CC=C(Cl)CCC)nc1/C=C/c1ccc(C2=CCCC(OCCCC)C=C2)cc1. The van der Waals surface area contributed by atoms with E-state index in [-0.39, 0.29) is 6.10 Å². The molecule has 1 aliphatic carbocycles. The van der Waals surface area contributed by atoms with Gasteiger partial charge in [0, 0.05) is 24.4 Å². The molecule has 0 bridgehead atoms. The highest BCUT2D eigenvalue weighted by Crippen LogP contribution is 2.24. The van der Waals surface area contributed by atoms with E-state index in [1.165, 1.54) is 17.6 Å². The summed E-state index contributed by atoms with van der Waals surface area (Å²) < 4.78 is 8.21. The van der Waals surface area contributed by atoms with Crippen LogP contribution in [0.25, 0.3) is 23.3 Å². The maximum Gasteiger partial charge on any atom is 0.133 e. The molecule has 0 saturated carbocycles. The molecule has 1 aliphatic rings. The number of unbranched alkanes of at least 4 members (excludes halogenated alkanes) is 1. The van der Waals surface area contributed by atoms with Gasteiger partial charge in [-0.3, -0.25) is 0 Å². The minimum atomic E-state index is 0.220. The Hall–Kier alpha value is -2.88. The van der Waals surface area contributed by atoms with Crippen LogP contribution in [0.1, 0.15) is 95.3 Å². The summed E-state index contributed by atoms with van der Waals surface area (Å²) in [6.07, 6.45) is 29.1. The molecule has 0 fully saturated rings. The van der Waals surface area contributed by atoms with Gasteiger partial charge in [-0.1, -0.05) is 111 Å². The van der Waals surface area contributed by atoms with Crippen LogP contribution < -0.4 is 0 Å². The standard InChI is InChI=1S/C35H45ClN2O/c1-5-8-25-38-27-34(28(4)13-10-15-32(36)12-7-3)37-35(38)24-19-29-17-20-31(21-18-29)30-14-11-16-33(23-22-30)39-26-9-6-2/h5,8,13-15,17-24,27,33H,6-7,9-12,16,25-26H2,1-4H3/b8-5+,24-19+,28-13+,32-15?. The van der Waals surface area contributed by atoms with Gasteiger partial charge in [-0.15, -0.1) is 0 Å². The van der Waals surface area contributed by atoms with Gasteiger partial charge in [0.05, 0.1) is 11.8 Å². The van der Waals surface area contributed by atoms with Crippen molar-refractivity contribution >= 4 is 34.9 Å². The lowest BCUT2D eigenvalue weighted by molar-refractivity contribution is 0.0783. The molecule has 3 rings (SSSR count). The van der Waals surface area contributed by atoms with E-state index in [0.29, 0.717) is 0 Å². The van der Waals surface area contributed by atoms with Gasteiger partial charge in [-0.05, 0) is 74.3 Å². The van der Waals surface area contributed by atoms with Gasteiger partial charge < -0.3 is 9.30 Å². The number of benzene rings is 1. The third kappa shape index (κ3) is 10.3.